The monoisotopic (exact) mass is 192 g/mol. The fourth-order valence-electron chi connectivity index (χ4n) is 0.306. The van der Waals surface area contributed by atoms with Crippen molar-refractivity contribution in [2.24, 2.45) is 0 Å². The number of hydrogen-bond donors (Lipinski definition) is 0. The summed E-state index contributed by atoms with van der Waals surface area (Å²) in [5, 5.41) is 0. The van der Waals surface area contributed by atoms with Gasteiger partial charge in [-0.15, -0.1) is 0 Å². The van der Waals surface area contributed by atoms with Crippen molar-refractivity contribution in [1.29, 1.82) is 0 Å². The molecule has 0 aromatic carbocycles. The largest absolute Gasteiger partial charge is 0.466 e. The quantitative estimate of drug-likeness (QED) is 0.639. The average Bonchev–Trinajstić information content (AvgIpc) is 1.63. The molecule has 0 aromatic rings. The van der Waals surface area contributed by atoms with Gasteiger partial charge in [0.1, 0.15) is 0 Å². The van der Waals surface area contributed by atoms with Crippen LogP contribution in [0.1, 0.15) is 13.3 Å². The van der Waals surface area contributed by atoms with Gasteiger partial charge in [-0.3, -0.25) is 4.79 Å². The minimum atomic E-state index is -0.247. The normalized spacial score (nSPS) is 8.67. The van der Waals surface area contributed by atoms with E-state index >= 15 is 0 Å². The van der Waals surface area contributed by atoms with Gasteiger partial charge in [0, 0.05) is 13.3 Å². The van der Waals surface area contributed by atoms with E-state index in [2.05, 4.69) is 27.2 Å². The highest BCUT2D eigenvalue weighted by atomic mass is 79.9. The highest BCUT2D eigenvalue weighted by Gasteiger charge is 1.91. The molecule has 0 rings (SSSR count). The van der Waals surface area contributed by atoms with Gasteiger partial charge in [0.05, 0.1) is 6.61 Å². The molecule has 2 nitrogen and oxygen atoms in total. The van der Waals surface area contributed by atoms with Crippen molar-refractivity contribution in [3.63, 3.8) is 0 Å². The number of rotatable bonds is 3. The van der Waals surface area contributed by atoms with Crippen molar-refractivity contribution < 1.29 is 9.53 Å². The first-order valence-corrected chi connectivity index (χ1v) is 3.39. The van der Waals surface area contributed by atoms with Gasteiger partial charge in [0.15, 0.2) is 0 Å². The molecule has 0 aliphatic carbocycles. The first kappa shape index (κ1) is 8.69. The lowest BCUT2D eigenvalue weighted by Crippen LogP contribution is -1.99. The summed E-state index contributed by atoms with van der Waals surface area (Å²) >= 11 is 3.14. The Balaban J connectivity index is 3.10. The molecule has 0 saturated carbocycles. The zero-order valence-corrected chi connectivity index (χ0v) is 6.90. The molecule has 0 unspecified atom stereocenters. The van der Waals surface area contributed by atoms with Crippen molar-refractivity contribution in [3.05, 3.63) is 11.1 Å². The van der Waals surface area contributed by atoms with Crippen LogP contribution in [0.4, 0.5) is 0 Å². The SMILES string of the molecule is C=C(Br)CCOC(C)=O. The van der Waals surface area contributed by atoms with Crippen LogP contribution in [0.5, 0.6) is 0 Å². The fraction of sp³-hybridized carbons (Fsp3) is 0.500. The summed E-state index contributed by atoms with van der Waals surface area (Å²) in [5.74, 6) is -0.247. The van der Waals surface area contributed by atoms with E-state index in [4.69, 9.17) is 0 Å². The minimum Gasteiger partial charge on any atom is -0.466 e. The third-order valence-corrected chi connectivity index (χ3v) is 1.08. The molecule has 0 N–H and O–H groups in total. The molecule has 0 fully saturated rings. The standard InChI is InChI=1S/C6H9BrO2/c1-5(7)3-4-9-6(2)8/h1,3-4H2,2H3. The minimum absolute atomic E-state index is 0.247. The topological polar surface area (TPSA) is 26.3 Å². The maximum atomic E-state index is 10.2. The third-order valence-electron chi connectivity index (χ3n) is 0.679. The van der Waals surface area contributed by atoms with Crippen molar-refractivity contribution in [2.75, 3.05) is 6.61 Å². The number of hydrogen-bond acceptors (Lipinski definition) is 2. The summed E-state index contributed by atoms with van der Waals surface area (Å²) in [6.45, 7) is 5.38. The van der Waals surface area contributed by atoms with Crippen LogP contribution in [0.25, 0.3) is 0 Å². The second kappa shape index (κ2) is 4.56. The highest BCUT2D eigenvalue weighted by molar-refractivity contribution is 9.11. The first-order chi connectivity index (χ1) is 4.13. The summed E-state index contributed by atoms with van der Waals surface area (Å²) in [6, 6.07) is 0. The van der Waals surface area contributed by atoms with E-state index in [-0.39, 0.29) is 5.97 Å². The van der Waals surface area contributed by atoms with Crippen LogP contribution < -0.4 is 0 Å². The maximum absolute atomic E-state index is 10.2. The fourth-order valence-corrected chi connectivity index (χ4v) is 0.467. The van der Waals surface area contributed by atoms with E-state index in [0.717, 1.165) is 4.48 Å². The molecular formula is C6H9BrO2. The van der Waals surface area contributed by atoms with Crippen molar-refractivity contribution in [2.45, 2.75) is 13.3 Å². The Hall–Kier alpha value is -0.310. The van der Waals surface area contributed by atoms with E-state index in [1.165, 1.54) is 6.92 Å². The molecule has 3 heteroatoms. The molecule has 52 valence electrons. The number of carbonyl (C=O) groups excluding carboxylic acids is 1. The van der Waals surface area contributed by atoms with Crippen molar-refractivity contribution >= 4 is 21.9 Å². The van der Waals surface area contributed by atoms with Gasteiger partial charge < -0.3 is 4.74 Å². The number of esters is 1. The molecule has 0 aromatic heterocycles. The predicted octanol–water partition coefficient (Wildman–Crippen LogP) is 1.85. The van der Waals surface area contributed by atoms with Crippen LogP contribution in [0.2, 0.25) is 0 Å². The molecule has 0 saturated heterocycles. The second-order valence-corrected chi connectivity index (χ2v) is 2.73. The van der Waals surface area contributed by atoms with Crippen LogP contribution in [0.3, 0.4) is 0 Å². The van der Waals surface area contributed by atoms with E-state index < -0.39 is 0 Å². The van der Waals surface area contributed by atoms with Gasteiger partial charge in [-0.2, -0.15) is 0 Å². The lowest BCUT2D eigenvalue weighted by atomic mass is 10.4. The van der Waals surface area contributed by atoms with Gasteiger partial charge in [0.25, 0.3) is 0 Å². The van der Waals surface area contributed by atoms with E-state index in [9.17, 15) is 4.79 Å². The molecule has 0 radical (unpaired) electrons. The molecule has 0 atom stereocenters. The van der Waals surface area contributed by atoms with Crippen molar-refractivity contribution in [3.8, 4) is 0 Å². The molecule has 0 aliphatic heterocycles. The summed E-state index contributed by atoms with van der Waals surface area (Å²) in [4.78, 5) is 10.2. The number of carbonyl (C=O) groups is 1. The molecule has 9 heavy (non-hydrogen) atoms. The van der Waals surface area contributed by atoms with Crippen LogP contribution in [0.15, 0.2) is 11.1 Å². The Labute approximate surface area is 63.0 Å². The zero-order valence-electron chi connectivity index (χ0n) is 5.32. The van der Waals surface area contributed by atoms with Gasteiger partial charge in [-0.1, -0.05) is 22.5 Å². The van der Waals surface area contributed by atoms with Gasteiger partial charge in [-0.25, -0.2) is 0 Å². The lowest BCUT2D eigenvalue weighted by molar-refractivity contribution is -0.140. The van der Waals surface area contributed by atoms with Gasteiger partial charge >= 0.3 is 5.97 Å². The van der Waals surface area contributed by atoms with E-state index in [1.807, 2.05) is 0 Å². The maximum Gasteiger partial charge on any atom is 0.302 e. The summed E-state index contributed by atoms with van der Waals surface area (Å²) in [5.41, 5.74) is 0. The molecule has 0 spiro atoms. The lowest BCUT2D eigenvalue weighted by Gasteiger charge is -1.97. The Kier molecular flexibility index (Phi) is 4.40. The van der Waals surface area contributed by atoms with Gasteiger partial charge in [-0.05, 0) is 4.48 Å². The Morgan fingerprint density at radius 2 is 2.33 bits per heavy atom. The Bertz CT molecular complexity index is 106. The zero-order chi connectivity index (χ0) is 7.28. The van der Waals surface area contributed by atoms with Gasteiger partial charge in [0.2, 0.25) is 0 Å². The smallest absolute Gasteiger partial charge is 0.302 e. The Morgan fingerprint density at radius 1 is 1.78 bits per heavy atom. The first-order valence-electron chi connectivity index (χ1n) is 2.59. The summed E-state index contributed by atoms with van der Waals surface area (Å²) < 4.78 is 5.47. The van der Waals surface area contributed by atoms with E-state index in [1.54, 1.807) is 0 Å². The van der Waals surface area contributed by atoms with E-state index in [0.29, 0.717) is 13.0 Å². The number of halogens is 1. The summed E-state index contributed by atoms with van der Waals surface area (Å²) in [6.07, 6.45) is 0.680. The second-order valence-electron chi connectivity index (χ2n) is 1.61. The average molecular weight is 193 g/mol. The van der Waals surface area contributed by atoms with Crippen LogP contribution in [0, 0.1) is 0 Å². The molecule has 0 bridgehead atoms. The molecule has 0 aliphatic rings. The van der Waals surface area contributed by atoms with Crippen molar-refractivity contribution in [1.82, 2.24) is 0 Å². The third kappa shape index (κ3) is 7.69. The van der Waals surface area contributed by atoms with Crippen LogP contribution >= 0.6 is 15.9 Å². The molecule has 0 amide bonds. The molecule has 0 heterocycles. The predicted molar refractivity (Wildman–Crippen MR) is 39.3 cm³/mol. The highest BCUT2D eigenvalue weighted by Crippen LogP contribution is 2.05. The van der Waals surface area contributed by atoms with Crippen LogP contribution in [-0.2, 0) is 9.53 Å². The summed E-state index contributed by atoms with van der Waals surface area (Å²) in [7, 11) is 0. The number of ether oxygens (including phenoxy) is 1. The Morgan fingerprint density at radius 3 is 2.67 bits per heavy atom. The van der Waals surface area contributed by atoms with Crippen LogP contribution in [-0.4, -0.2) is 12.6 Å². The molecular weight excluding hydrogens is 184 g/mol.